The summed E-state index contributed by atoms with van der Waals surface area (Å²) in [5, 5.41) is 5.19. The summed E-state index contributed by atoms with van der Waals surface area (Å²) in [6.07, 6.45) is 5.53. The summed E-state index contributed by atoms with van der Waals surface area (Å²) in [6.45, 7) is 2.04. The molecule has 0 unspecified atom stereocenters. The van der Waals surface area contributed by atoms with E-state index in [1.165, 1.54) is 6.42 Å². The van der Waals surface area contributed by atoms with Crippen LogP contribution in [0.3, 0.4) is 0 Å². The number of hydrogen-bond acceptors (Lipinski definition) is 3. The molecule has 5 nitrogen and oxygen atoms in total. The average molecular weight is 445 g/mol. The second kappa shape index (κ2) is 11.0. The van der Waals surface area contributed by atoms with Gasteiger partial charge in [-0.1, -0.05) is 86.0 Å². The first-order valence-corrected chi connectivity index (χ1v) is 11.9. The van der Waals surface area contributed by atoms with Crippen LogP contribution < -0.4 is 10.1 Å². The number of carbonyl (C=O) groups excluding carboxylic acids is 2. The fourth-order valence-corrected chi connectivity index (χ4v) is 4.48. The maximum Gasteiger partial charge on any atom is 0.261 e. The van der Waals surface area contributed by atoms with E-state index in [2.05, 4.69) is 5.32 Å². The van der Waals surface area contributed by atoms with E-state index in [-0.39, 0.29) is 24.5 Å². The molecule has 0 spiro atoms. The fourth-order valence-electron chi connectivity index (χ4n) is 4.48. The van der Waals surface area contributed by atoms with E-state index in [0.29, 0.717) is 12.3 Å². The Bertz CT molecular complexity index is 1070. The molecule has 3 aromatic carbocycles. The molecule has 0 aromatic heterocycles. The first-order chi connectivity index (χ1) is 16.1. The number of fused-ring (bicyclic) bond motifs is 1. The van der Waals surface area contributed by atoms with Gasteiger partial charge < -0.3 is 15.0 Å². The molecule has 1 aliphatic rings. The van der Waals surface area contributed by atoms with Gasteiger partial charge in [-0.05, 0) is 36.8 Å². The highest BCUT2D eigenvalue weighted by Gasteiger charge is 2.28. The number of carbonyl (C=O) groups is 2. The summed E-state index contributed by atoms with van der Waals surface area (Å²) in [4.78, 5) is 28.0. The van der Waals surface area contributed by atoms with Crippen LogP contribution in [-0.2, 0) is 16.1 Å². The van der Waals surface area contributed by atoms with Crippen LogP contribution in [0.1, 0.15) is 44.6 Å². The lowest BCUT2D eigenvalue weighted by molar-refractivity contribution is -0.142. The minimum Gasteiger partial charge on any atom is -0.483 e. The molecular weight excluding hydrogens is 412 g/mol. The first-order valence-electron chi connectivity index (χ1n) is 11.9. The number of ether oxygens (including phenoxy) is 1. The van der Waals surface area contributed by atoms with E-state index in [1.807, 2.05) is 72.8 Å². The predicted octanol–water partition coefficient (Wildman–Crippen LogP) is 5.08. The highest BCUT2D eigenvalue weighted by Crippen LogP contribution is 2.25. The Morgan fingerprint density at radius 3 is 2.42 bits per heavy atom. The Hall–Kier alpha value is -3.34. The van der Waals surface area contributed by atoms with E-state index in [4.69, 9.17) is 4.74 Å². The van der Waals surface area contributed by atoms with Crippen molar-refractivity contribution in [2.24, 2.45) is 0 Å². The second-order valence-electron chi connectivity index (χ2n) is 8.79. The predicted molar refractivity (Wildman–Crippen MR) is 131 cm³/mol. The van der Waals surface area contributed by atoms with Crippen molar-refractivity contribution in [2.45, 2.75) is 57.7 Å². The molecule has 0 radical (unpaired) electrons. The van der Waals surface area contributed by atoms with E-state index < -0.39 is 6.04 Å². The number of rotatable bonds is 8. The van der Waals surface area contributed by atoms with Crippen molar-refractivity contribution < 1.29 is 14.3 Å². The molecule has 0 heterocycles. The molecule has 0 bridgehead atoms. The van der Waals surface area contributed by atoms with Gasteiger partial charge in [-0.2, -0.15) is 0 Å². The van der Waals surface area contributed by atoms with Crippen LogP contribution in [-0.4, -0.2) is 35.4 Å². The third-order valence-corrected chi connectivity index (χ3v) is 6.42. The van der Waals surface area contributed by atoms with Crippen molar-refractivity contribution >= 4 is 22.6 Å². The van der Waals surface area contributed by atoms with Gasteiger partial charge in [0.2, 0.25) is 5.91 Å². The molecule has 1 N–H and O–H groups in total. The molecule has 172 valence electrons. The number of hydrogen-bond donors (Lipinski definition) is 1. The molecule has 5 heteroatoms. The molecule has 0 saturated heterocycles. The van der Waals surface area contributed by atoms with Crippen LogP contribution in [0.5, 0.6) is 5.75 Å². The molecule has 1 saturated carbocycles. The fraction of sp³-hybridized carbons (Fsp3) is 0.357. The topological polar surface area (TPSA) is 58.6 Å². The lowest BCUT2D eigenvalue weighted by atomic mass is 9.95. The highest BCUT2D eigenvalue weighted by molar-refractivity contribution is 5.90. The van der Waals surface area contributed by atoms with E-state index in [9.17, 15) is 9.59 Å². The second-order valence-corrected chi connectivity index (χ2v) is 8.79. The Balaban J connectivity index is 1.48. The average Bonchev–Trinajstić information content (AvgIpc) is 2.86. The van der Waals surface area contributed by atoms with Crippen molar-refractivity contribution in [3.05, 3.63) is 78.4 Å². The van der Waals surface area contributed by atoms with Crippen LogP contribution in [0.4, 0.5) is 0 Å². The zero-order valence-electron chi connectivity index (χ0n) is 19.2. The third-order valence-electron chi connectivity index (χ3n) is 6.42. The number of nitrogens with zero attached hydrogens (tertiary/aromatic N) is 1. The van der Waals surface area contributed by atoms with Crippen LogP contribution in [0, 0.1) is 0 Å². The lowest BCUT2D eigenvalue weighted by Crippen LogP contribution is -2.51. The smallest absolute Gasteiger partial charge is 0.261 e. The molecule has 33 heavy (non-hydrogen) atoms. The van der Waals surface area contributed by atoms with Crippen LogP contribution in [0.2, 0.25) is 0 Å². The molecule has 2 amide bonds. The summed E-state index contributed by atoms with van der Waals surface area (Å²) >= 11 is 0. The highest BCUT2D eigenvalue weighted by atomic mass is 16.5. The van der Waals surface area contributed by atoms with Crippen molar-refractivity contribution in [3.8, 4) is 5.75 Å². The SMILES string of the molecule is C[C@@H](C(=O)NC1CCCCC1)N(Cc1ccccc1)C(=O)COc1cccc2ccccc12. The van der Waals surface area contributed by atoms with Gasteiger partial charge in [-0.3, -0.25) is 9.59 Å². The number of benzene rings is 3. The summed E-state index contributed by atoms with van der Waals surface area (Å²) in [5.74, 6) is 0.356. The minimum absolute atomic E-state index is 0.101. The maximum atomic E-state index is 13.3. The third kappa shape index (κ3) is 5.92. The van der Waals surface area contributed by atoms with E-state index in [1.54, 1.807) is 11.8 Å². The maximum absolute atomic E-state index is 13.3. The Kier molecular flexibility index (Phi) is 7.61. The van der Waals surface area contributed by atoms with Gasteiger partial charge in [0.1, 0.15) is 11.8 Å². The summed E-state index contributed by atoms with van der Waals surface area (Å²) in [5.41, 5.74) is 0.980. The Labute approximate surface area is 195 Å². The quantitative estimate of drug-likeness (QED) is 0.527. The van der Waals surface area contributed by atoms with Crippen LogP contribution in [0.15, 0.2) is 72.8 Å². The molecule has 3 aromatic rings. The summed E-state index contributed by atoms with van der Waals surface area (Å²) in [6, 6.07) is 23.1. The van der Waals surface area contributed by atoms with Crippen molar-refractivity contribution in [2.75, 3.05) is 6.61 Å². The zero-order chi connectivity index (χ0) is 23.0. The summed E-state index contributed by atoms with van der Waals surface area (Å²) < 4.78 is 5.96. The number of nitrogens with one attached hydrogen (secondary N) is 1. The van der Waals surface area contributed by atoms with Gasteiger partial charge in [0.15, 0.2) is 6.61 Å². The molecule has 1 aliphatic carbocycles. The molecule has 4 rings (SSSR count). The monoisotopic (exact) mass is 444 g/mol. The standard InChI is InChI=1S/C28H32N2O3/c1-21(28(32)29-24-15-6-3-7-16-24)30(19-22-11-4-2-5-12-22)27(31)20-33-26-18-10-14-23-13-8-9-17-25(23)26/h2,4-5,8-14,17-18,21,24H,3,6-7,15-16,19-20H2,1H3,(H,29,32)/t21-/m0/s1. The van der Waals surface area contributed by atoms with E-state index in [0.717, 1.165) is 42.0 Å². The summed E-state index contributed by atoms with van der Waals surface area (Å²) in [7, 11) is 0. The van der Waals surface area contributed by atoms with E-state index >= 15 is 0 Å². The van der Waals surface area contributed by atoms with Crippen molar-refractivity contribution in [1.29, 1.82) is 0 Å². The molecule has 0 aliphatic heterocycles. The largest absolute Gasteiger partial charge is 0.483 e. The Morgan fingerprint density at radius 2 is 1.64 bits per heavy atom. The van der Waals surface area contributed by atoms with Gasteiger partial charge in [0, 0.05) is 18.0 Å². The van der Waals surface area contributed by atoms with Gasteiger partial charge in [-0.25, -0.2) is 0 Å². The first kappa shape index (κ1) is 22.8. The van der Waals surface area contributed by atoms with Gasteiger partial charge in [0.05, 0.1) is 0 Å². The van der Waals surface area contributed by atoms with Crippen LogP contribution in [0.25, 0.3) is 10.8 Å². The normalized spacial score (nSPS) is 15.1. The Morgan fingerprint density at radius 1 is 0.939 bits per heavy atom. The van der Waals surface area contributed by atoms with Crippen LogP contribution >= 0.6 is 0 Å². The number of amides is 2. The van der Waals surface area contributed by atoms with Crippen molar-refractivity contribution in [1.82, 2.24) is 10.2 Å². The molecule has 1 atom stereocenters. The molecular formula is C28H32N2O3. The lowest BCUT2D eigenvalue weighted by Gasteiger charge is -2.31. The zero-order valence-corrected chi connectivity index (χ0v) is 19.2. The van der Waals surface area contributed by atoms with Gasteiger partial charge in [-0.15, -0.1) is 0 Å². The van der Waals surface area contributed by atoms with Gasteiger partial charge in [0.25, 0.3) is 5.91 Å². The van der Waals surface area contributed by atoms with Crippen molar-refractivity contribution in [3.63, 3.8) is 0 Å². The van der Waals surface area contributed by atoms with Gasteiger partial charge >= 0.3 is 0 Å². The molecule has 1 fully saturated rings. The minimum atomic E-state index is -0.587.